The minimum absolute atomic E-state index is 0.257. The van der Waals surface area contributed by atoms with E-state index in [1.807, 2.05) is 0 Å². The van der Waals surface area contributed by atoms with E-state index in [1.165, 1.54) is 38.4 Å². The molecule has 25 heavy (non-hydrogen) atoms. The van der Waals surface area contributed by atoms with E-state index in [1.54, 1.807) is 30.2 Å². The number of carbonyl (C=O) groups excluding carboxylic acids is 1. The topological polar surface area (TPSA) is 74.4 Å². The van der Waals surface area contributed by atoms with Gasteiger partial charge in [0.2, 0.25) is 0 Å². The number of nitrogens with two attached hydrogens (primary N) is 1. The molecule has 0 atom stereocenters. The number of nitrogens with zero attached hydrogens (tertiary/aromatic N) is 1. The standard InChI is InChI=1S/C18H14BFN2O3/c1-24-14-4-2-3-13(11-7-8-19-15(20)9-11)17(14)25-16-6-5-12(10-22-16)18(21)23/h2-10H,1H3,(H2,21,23). The Labute approximate surface area is 144 Å². The molecule has 0 unspecified atom stereocenters. The molecule has 0 aliphatic carbocycles. The maximum atomic E-state index is 13.6. The second kappa shape index (κ2) is 7.13. The van der Waals surface area contributed by atoms with Crippen LogP contribution in [0.3, 0.4) is 0 Å². The van der Waals surface area contributed by atoms with E-state index in [-0.39, 0.29) is 17.2 Å². The second-order valence-corrected chi connectivity index (χ2v) is 5.20. The third-order valence-corrected chi connectivity index (χ3v) is 3.56. The first-order valence-corrected chi connectivity index (χ1v) is 7.45. The van der Waals surface area contributed by atoms with Crippen LogP contribution in [0.2, 0.25) is 0 Å². The Morgan fingerprint density at radius 1 is 1.24 bits per heavy atom. The first-order chi connectivity index (χ1) is 12.1. The first kappa shape index (κ1) is 16.6. The number of carbonyl (C=O) groups is 1. The van der Waals surface area contributed by atoms with Gasteiger partial charge in [-0.2, -0.15) is 0 Å². The summed E-state index contributed by atoms with van der Waals surface area (Å²) in [5, 5.41) is 0. The predicted octanol–water partition coefficient (Wildman–Crippen LogP) is 3.13. The Balaban J connectivity index is 2.03. The molecule has 0 saturated carbocycles. The number of rotatable bonds is 5. The molecule has 1 amide bonds. The number of amides is 1. The molecule has 3 rings (SSSR count). The third-order valence-electron chi connectivity index (χ3n) is 3.56. The van der Waals surface area contributed by atoms with Gasteiger partial charge in [0.05, 0.1) is 0 Å². The first-order valence-electron chi connectivity index (χ1n) is 7.45. The molecule has 2 heterocycles. The minimum atomic E-state index is -0.572. The van der Waals surface area contributed by atoms with Gasteiger partial charge in [-0.05, 0) is 0 Å². The number of primary amides is 1. The van der Waals surface area contributed by atoms with Crippen molar-refractivity contribution in [3.63, 3.8) is 0 Å². The molecule has 5 nitrogen and oxygen atoms in total. The monoisotopic (exact) mass is 336 g/mol. The molecule has 0 spiro atoms. The molecule has 0 saturated heterocycles. The maximum absolute atomic E-state index is 13.6. The summed E-state index contributed by atoms with van der Waals surface area (Å²) in [4.78, 5) is 15.2. The van der Waals surface area contributed by atoms with Gasteiger partial charge in [0.25, 0.3) is 0 Å². The number of hydrogen-bond acceptors (Lipinski definition) is 4. The van der Waals surface area contributed by atoms with E-state index in [0.29, 0.717) is 22.6 Å². The van der Waals surface area contributed by atoms with Crippen molar-refractivity contribution >= 4 is 12.8 Å². The van der Waals surface area contributed by atoms with Gasteiger partial charge in [-0.3, -0.25) is 0 Å². The van der Waals surface area contributed by atoms with Crippen molar-refractivity contribution in [1.82, 2.24) is 4.98 Å². The van der Waals surface area contributed by atoms with Crippen molar-refractivity contribution in [1.29, 1.82) is 0 Å². The molecule has 1 aromatic carbocycles. The van der Waals surface area contributed by atoms with E-state index < -0.39 is 5.91 Å². The SMILES string of the molecule is COc1cccc(-c2ccbc(F)c2)c1Oc1ccc(C(N)=O)cn1. The number of hydrogen-bond donors (Lipinski definition) is 1. The van der Waals surface area contributed by atoms with Crippen LogP contribution in [0.25, 0.3) is 11.1 Å². The molecule has 0 bridgehead atoms. The number of halogens is 1. The van der Waals surface area contributed by atoms with Crippen LogP contribution in [0.4, 0.5) is 4.39 Å². The Bertz CT molecular complexity index is 916. The van der Waals surface area contributed by atoms with Crippen molar-refractivity contribution < 1.29 is 18.7 Å². The van der Waals surface area contributed by atoms with Gasteiger partial charge < -0.3 is 0 Å². The molecular weight excluding hydrogens is 322 g/mol. The zero-order chi connectivity index (χ0) is 17.8. The molecule has 3 aromatic rings. The van der Waals surface area contributed by atoms with Crippen LogP contribution in [0.15, 0.2) is 54.6 Å². The van der Waals surface area contributed by atoms with Crippen LogP contribution in [0.5, 0.6) is 17.4 Å². The third kappa shape index (κ3) is 3.66. The Morgan fingerprint density at radius 2 is 2.08 bits per heavy atom. The van der Waals surface area contributed by atoms with Crippen LogP contribution in [-0.2, 0) is 0 Å². The van der Waals surface area contributed by atoms with E-state index in [9.17, 15) is 9.18 Å². The average molecular weight is 336 g/mol. The van der Waals surface area contributed by atoms with Gasteiger partial charge in [-0.15, -0.1) is 0 Å². The molecule has 0 radical (unpaired) electrons. The van der Waals surface area contributed by atoms with Crippen molar-refractivity contribution in [2.45, 2.75) is 0 Å². The van der Waals surface area contributed by atoms with Gasteiger partial charge in [-0.1, -0.05) is 0 Å². The molecule has 7 heteroatoms. The molecule has 2 aromatic heterocycles. The van der Waals surface area contributed by atoms with E-state index in [0.717, 1.165) is 0 Å². The molecule has 2 N–H and O–H groups in total. The number of methoxy groups -OCH3 is 1. The van der Waals surface area contributed by atoms with Crippen LogP contribution < -0.4 is 15.2 Å². The number of para-hydroxylation sites is 1. The fourth-order valence-corrected chi connectivity index (χ4v) is 2.36. The zero-order valence-corrected chi connectivity index (χ0v) is 13.4. The van der Waals surface area contributed by atoms with E-state index in [2.05, 4.69) is 4.98 Å². The molecule has 0 aliphatic heterocycles. The van der Waals surface area contributed by atoms with Crippen molar-refractivity contribution in [3.05, 3.63) is 65.9 Å². The van der Waals surface area contributed by atoms with Crippen LogP contribution in [-0.4, -0.2) is 24.9 Å². The Morgan fingerprint density at radius 3 is 2.72 bits per heavy atom. The number of benzene rings is 1. The second-order valence-electron chi connectivity index (χ2n) is 5.20. The number of pyridine rings is 1. The summed E-state index contributed by atoms with van der Waals surface area (Å²) in [6.45, 7) is 1.37. The van der Waals surface area contributed by atoms with Crippen LogP contribution in [0, 0.1) is 5.71 Å². The molecular formula is C18H14BFN2O3. The van der Waals surface area contributed by atoms with Gasteiger partial charge in [-0.25, -0.2) is 0 Å². The molecule has 0 aliphatic rings. The van der Waals surface area contributed by atoms with Gasteiger partial charge in [0.1, 0.15) is 0 Å². The van der Waals surface area contributed by atoms with Crippen LogP contribution >= 0.6 is 0 Å². The van der Waals surface area contributed by atoms with E-state index >= 15 is 0 Å². The van der Waals surface area contributed by atoms with Crippen LogP contribution in [0.1, 0.15) is 10.4 Å². The van der Waals surface area contributed by atoms with E-state index in [4.69, 9.17) is 15.2 Å². The summed E-state index contributed by atoms with van der Waals surface area (Å²) in [6.07, 6.45) is 1.33. The Hall–Kier alpha value is -3.22. The number of aromatic nitrogens is 1. The normalized spacial score (nSPS) is 10.2. The summed E-state index contributed by atoms with van der Waals surface area (Å²) in [6, 6.07) is 11.5. The summed E-state index contributed by atoms with van der Waals surface area (Å²) in [7, 11) is 1.52. The zero-order valence-electron chi connectivity index (χ0n) is 13.4. The molecule has 124 valence electrons. The van der Waals surface area contributed by atoms with Crippen molar-refractivity contribution in [3.8, 4) is 28.5 Å². The van der Waals surface area contributed by atoms with Crippen molar-refractivity contribution in [2.75, 3.05) is 7.11 Å². The quantitative estimate of drug-likeness (QED) is 0.777. The van der Waals surface area contributed by atoms with Gasteiger partial charge >= 0.3 is 144 Å². The summed E-state index contributed by atoms with van der Waals surface area (Å²) >= 11 is 0. The fourth-order valence-electron chi connectivity index (χ4n) is 2.36. The van der Waals surface area contributed by atoms with Gasteiger partial charge in [0, 0.05) is 0 Å². The van der Waals surface area contributed by atoms with Crippen molar-refractivity contribution in [2.24, 2.45) is 5.73 Å². The summed E-state index contributed by atoms with van der Waals surface area (Å²) in [5.74, 6) is 2.18. The number of ether oxygens (including phenoxy) is 2. The summed E-state index contributed by atoms with van der Waals surface area (Å²) < 4.78 is 24.8. The Kier molecular flexibility index (Phi) is 4.74. The molecule has 0 fully saturated rings. The summed E-state index contributed by atoms with van der Waals surface area (Å²) in [5.41, 5.74) is 6.42. The fraction of sp³-hybridized carbons (Fsp3) is 0.0556. The van der Waals surface area contributed by atoms with Gasteiger partial charge in [0.15, 0.2) is 0 Å². The average Bonchev–Trinajstić information content (AvgIpc) is 2.62. The predicted molar refractivity (Wildman–Crippen MR) is 92.6 cm³/mol.